The average molecular weight is 383 g/mol. The molecule has 0 aliphatic rings. The second-order valence-corrected chi connectivity index (χ2v) is 12.6. The van der Waals surface area contributed by atoms with Gasteiger partial charge in [-0.05, 0) is 29.3 Å². The smallest absolute Gasteiger partial charge is 0.261 e. The summed E-state index contributed by atoms with van der Waals surface area (Å²) in [6.07, 6.45) is 3.20. The van der Waals surface area contributed by atoms with Gasteiger partial charge in [-0.15, -0.1) is 0 Å². The van der Waals surface area contributed by atoms with Gasteiger partial charge in [0.05, 0.1) is 12.2 Å². The van der Waals surface area contributed by atoms with Crippen LogP contribution >= 0.6 is 0 Å². The number of rotatable bonds is 7. The summed E-state index contributed by atoms with van der Waals surface area (Å²) in [7, 11) is -2.63. The van der Waals surface area contributed by atoms with Crippen molar-refractivity contribution in [2.24, 2.45) is 5.92 Å². The third-order valence-electron chi connectivity index (χ3n) is 5.30. The lowest BCUT2D eigenvalue weighted by Crippen LogP contribution is -2.68. The lowest BCUT2D eigenvalue weighted by molar-refractivity contribution is 0.0189. The molecular weight excluding hydrogens is 348 g/mol. The molecule has 27 heavy (non-hydrogen) atoms. The molecule has 146 valence electrons. The minimum absolute atomic E-state index is 0.0446. The van der Waals surface area contributed by atoms with E-state index in [0.29, 0.717) is 0 Å². The summed E-state index contributed by atoms with van der Waals surface area (Å²) >= 11 is 0. The molecule has 2 nitrogen and oxygen atoms in total. The Hall–Kier alpha value is -1.68. The van der Waals surface area contributed by atoms with Crippen LogP contribution in [-0.4, -0.2) is 25.6 Å². The van der Waals surface area contributed by atoms with Crippen molar-refractivity contribution in [3.8, 4) is 0 Å². The van der Waals surface area contributed by atoms with Gasteiger partial charge in [0.1, 0.15) is 0 Å². The number of benzene rings is 2. The van der Waals surface area contributed by atoms with Crippen LogP contribution in [-0.2, 0) is 4.43 Å². The molecule has 1 N–H and O–H groups in total. The van der Waals surface area contributed by atoms with E-state index in [4.69, 9.17) is 4.43 Å². The van der Waals surface area contributed by atoms with Gasteiger partial charge in [0.2, 0.25) is 0 Å². The van der Waals surface area contributed by atoms with Crippen molar-refractivity contribution in [2.75, 3.05) is 0 Å². The SMILES string of the molecule is C/C=C/[C@@H](C)[C@H](O)[C@H](C)O[Si](c1ccccc1)(c1ccccc1)C(C)(C)C. The minimum Gasteiger partial charge on any atom is -0.402 e. The van der Waals surface area contributed by atoms with Gasteiger partial charge in [0.15, 0.2) is 0 Å². The second-order valence-electron chi connectivity index (χ2n) is 8.36. The van der Waals surface area contributed by atoms with Crippen LogP contribution < -0.4 is 10.4 Å². The van der Waals surface area contributed by atoms with E-state index >= 15 is 0 Å². The lowest BCUT2D eigenvalue weighted by atomic mass is 10.0. The van der Waals surface area contributed by atoms with Gasteiger partial charge in [-0.3, -0.25) is 0 Å². The van der Waals surface area contributed by atoms with E-state index in [2.05, 4.69) is 69.3 Å². The van der Waals surface area contributed by atoms with Crippen LogP contribution in [0.4, 0.5) is 0 Å². The quantitative estimate of drug-likeness (QED) is 0.563. The Kier molecular flexibility index (Phi) is 7.21. The van der Waals surface area contributed by atoms with E-state index in [1.165, 1.54) is 10.4 Å². The zero-order valence-corrected chi connectivity index (χ0v) is 18.5. The van der Waals surface area contributed by atoms with E-state index in [9.17, 15) is 5.11 Å². The number of hydrogen-bond acceptors (Lipinski definition) is 2. The van der Waals surface area contributed by atoms with Crippen molar-refractivity contribution in [3.63, 3.8) is 0 Å². The summed E-state index contributed by atoms with van der Waals surface area (Å²) in [5.74, 6) is 0.0446. The lowest BCUT2D eigenvalue weighted by Gasteiger charge is -2.45. The molecule has 2 aromatic rings. The molecule has 2 aromatic carbocycles. The van der Waals surface area contributed by atoms with Crippen molar-refractivity contribution < 1.29 is 9.53 Å². The molecule has 0 bridgehead atoms. The molecular formula is C24H34O2Si. The summed E-state index contributed by atoms with van der Waals surface area (Å²) < 4.78 is 6.96. The molecule has 0 aromatic heterocycles. The highest BCUT2D eigenvalue weighted by Crippen LogP contribution is 2.38. The minimum atomic E-state index is -2.63. The maximum atomic E-state index is 10.9. The van der Waals surface area contributed by atoms with E-state index in [-0.39, 0.29) is 17.1 Å². The largest absolute Gasteiger partial charge is 0.402 e. The Labute approximate surface area is 166 Å². The van der Waals surface area contributed by atoms with Crippen LogP contribution in [0.15, 0.2) is 72.8 Å². The van der Waals surface area contributed by atoms with Crippen LogP contribution in [0.25, 0.3) is 0 Å². The van der Waals surface area contributed by atoms with E-state index in [1.807, 2.05) is 45.1 Å². The molecule has 0 radical (unpaired) electrons. The predicted molar refractivity (Wildman–Crippen MR) is 118 cm³/mol. The maximum Gasteiger partial charge on any atom is 0.261 e. The molecule has 0 aliphatic carbocycles. The Bertz CT molecular complexity index is 680. The number of aliphatic hydroxyl groups is 1. The molecule has 0 spiro atoms. The number of allylic oxidation sites excluding steroid dienone is 1. The first-order valence-corrected chi connectivity index (χ1v) is 11.7. The van der Waals surface area contributed by atoms with Gasteiger partial charge >= 0.3 is 0 Å². The summed E-state index contributed by atoms with van der Waals surface area (Å²) in [5.41, 5.74) is 0. The zero-order valence-electron chi connectivity index (χ0n) is 17.5. The van der Waals surface area contributed by atoms with Crippen molar-refractivity contribution >= 4 is 18.7 Å². The molecule has 0 fully saturated rings. The highest BCUT2D eigenvalue weighted by atomic mass is 28.4. The van der Waals surface area contributed by atoms with Crippen molar-refractivity contribution in [1.82, 2.24) is 0 Å². The Morgan fingerprint density at radius 3 is 1.70 bits per heavy atom. The van der Waals surface area contributed by atoms with Crippen molar-refractivity contribution in [2.45, 2.75) is 58.8 Å². The fraction of sp³-hybridized carbons (Fsp3) is 0.417. The van der Waals surface area contributed by atoms with Crippen molar-refractivity contribution in [1.29, 1.82) is 0 Å². The molecule has 2 rings (SSSR count). The second kappa shape index (κ2) is 9.00. The Morgan fingerprint density at radius 2 is 1.33 bits per heavy atom. The Morgan fingerprint density at radius 1 is 0.889 bits per heavy atom. The molecule has 0 saturated heterocycles. The Balaban J connectivity index is 2.59. The van der Waals surface area contributed by atoms with Gasteiger partial charge < -0.3 is 9.53 Å². The molecule has 3 atom stereocenters. The highest BCUT2D eigenvalue weighted by molar-refractivity contribution is 6.99. The van der Waals surface area contributed by atoms with Gasteiger partial charge in [-0.2, -0.15) is 0 Å². The standard InChI is InChI=1S/C24H34O2Si/c1-7-14-19(2)23(25)20(3)26-27(24(4,5)6,21-15-10-8-11-16-21)22-17-12-9-13-18-22/h7-20,23,25H,1-6H3/b14-7+/t19-,20+,23+/m1/s1. The van der Waals surface area contributed by atoms with Gasteiger partial charge in [0, 0.05) is 5.92 Å². The van der Waals surface area contributed by atoms with Crippen LogP contribution in [0.3, 0.4) is 0 Å². The average Bonchev–Trinajstić information content (AvgIpc) is 2.65. The molecule has 0 saturated carbocycles. The fourth-order valence-corrected chi connectivity index (χ4v) is 8.60. The number of aliphatic hydroxyl groups excluding tert-OH is 1. The predicted octanol–water partition coefficient (Wildman–Crippen LogP) is 4.52. The van der Waals surface area contributed by atoms with Crippen LogP contribution in [0.1, 0.15) is 41.5 Å². The first-order valence-electron chi connectivity index (χ1n) is 9.83. The topological polar surface area (TPSA) is 29.5 Å². The van der Waals surface area contributed by atoms with Crippen LogP contribution in [0.2, 0.25) is 5.04 Å². The number of hydrogen-bond donors (Lipinski definition) is 1. The molecule has 0 aliphatic heterocycles. The zero-order chi connectivity index (χ0) is 20.1. The van der Waals surface area contributed by atoms with Gasteiger partial charge in [-0.1, -0.05) is 101 Å². The molecule has 0 unspecified atom stereocenters. The summed E-state index contributed by atoms with van der Waals surface area (Å²) in [4.78, 5) is 0. The van der Waals surface area contributed by atoms with Gasteiger partial charge in [-0.25, -0.2) is 0 Å². The first kappa shape index (κ1) is 21.6. The molecule has 0 heterocycles. The monoisotopic (exact) mass is 382 g/mol. The first-order chi connectivity index (χ1) is 12.7. The fourth-order valence-electron chi connectivity index (χ4n) is 3.88. The summed E-state index contributed by atoms with van der Waals surface area (Å²) in [6, 6.07) is 21.1. The summed E-state index contributed by atoms with van der Waals surface area (Å²) in [5, 5.41) is 13.3. The van der Waals surface area contributed by atoms with Gasteiger partial charge in [0.25, 0.3) is 8.32 Å². The van der Waals surface area contributed by atoms with E-state index in [1.54, 1.807) is 0 Å². The maximum absolute atomic E-state index is 10.9. The summed E-state index contributed by atoms with van der Waals surface area (Å²) in [6.45, 7) is 12.8. The third-order valence-corrected chi connectivity index (χ3v) is 10.4. The van der Waals surface area contributed by atoms with Crippen LogP contribution in [0, 0.1) is 5.92 Å². The van der Waals surface area contributed by atoms with Crippen molar-refractivity contribution in [3.05, 3.63) is 72.8 Å². The van der Waals surface area contributed by atoms with E-state index < -0.39 is 14.4 Å². The highest BCUT2D eigenvalue weighted by Gasteiger charge is 2.51. The third kappa shape index (κ3) is 4.60. The normalized spacial score (nSPS) is 16.3. The van der Waals surface area contributed by atoms with Crippen LogP contribution in [0.5, 0.6) is 0 Å². The molecule has 3 heteroatoms. The molecule has 0 amide bonds. The van der Waals surface area contributed by atoms with E-state index in [0.717, 1.165) is 0 Å².